The first-order valence-electron chi connectivity index (χ1n) is 8.89. The third kappa shape index (κ3) is 3.47. The highest BCUT2D eigenvalue weighted by molar-refractivity contribution is 5.29. The fourth-order valence-corrected chi connectivity index (χ4v) is 3.50. The smallest absolute Gasteiger partial charge is 0.233 e. The molecule has 3 heterocycles. The number of anilines is 1. The number of hydrogen-bond acceptors (Lipinski definition) is 6. The van der Waals surface area contributed by atoms with Gasteiger partial charge >= 0.3 is 0 Å². The molecule has 0 saturated carbocycles. The van der Waals surface area contributed by atoms with Gasteiger partial charge in [-0.1, -0.05) is 0 Å². The SMILES string of the molecule is c1cnc(N2CCC(COc3cc4c(nn3)CCCC4)CC2)nc1. The Bertz CT molecular complexity index is 670. The molecule has 2 aliphatic rings. The number of piperidine rings is 1. The molecule has 1 aliphatic heterocycles. The zero-order valence-electron chi connectivity index (χ0n) is 13.9. The van der Waals surface area contributed by atoms with Gasteiger partial charge in [-0.3, -0.25) is 0 Å². The number of fused-ring (bicyclic) bond motifs is 1. The Morgan fingerprint density at radius 3 is 2.67 bits per heavy atom. The first kappa shape index (κ1) is 15.3. The van der Waals surface area contributed by atoms with Gasteiger partial charge in [-0.15, -0.1) is 5.10 Å². The van der Waals surface area contributed by atoms with E-state index in [0.29, 0.717) is 11.8 Å². The highest BCUT2D eigenvalue weighted by Crippen LogP contribution is 2.24. The van der Waals surface area contributed by atoms with Gasteiger partial charge < -0.3 is 9.64 Å². The zero-order chi connectivity index (χ0) is 16.2. The van der Waals surface area contributed by atoms with Crippen LogP contribution in [-0.4, -0.2) is 39.9 Å². The van der Waals surface area contributed by atoms with Crippen molar-refractivity contribution >= 4 is 5.95 Å². The molecule has 24 heavy (non-hydrogen) atoms. The average molecular weight is 325 g/mol. The lowest BCUT2D eigenvalue weighted by atomic mass is 9.97. The lowest BCUT2D eigenvalue weighted by molar-refractivity contribution is 0.213. The molecule has 0 N–H and O–H groups in total. The molecular formula is C18H23N5O. The highest BCUT2D eigenvalue weighted by atomic mass is 16.5. The summed E-state index contributed by atoms with van der Waals surface area (Å²) in [4.78, 5) is 10.9. The molecule has 0 unspecified atom stereocenters. The lowest BCUT2D eigenvalue weighted by Gasteiger charge is -2.31. The second kappa shape index (κ2) is 7.11. The molecule has 0 spiro atoms. The predicted octanol–water partition coefficient (Wildman–Crippen LogP) is 2.44. The van der Waals surface area contributed by atoms with E-state index >= 15 is 0 Å². The molecule has 126 valence electrons. The Balaban J connectivity index is 1.28. The van der Waals surface area contributed by atoms with Gasteiger partial charge in [-0.05, 0) is 56.1 Å². The zero-order valence-corrected chi connectivity index (χ0v) is 13.9. The molecule has 2 aromatic heterocycles. The summed E-state index contributed by atoms with van der Waals surface area (Å²) < 4.78 is 5.93. The van der Waals surface area contributed by atoms with E-state index in [1.165, 1.54) is 18.4 Å². The van der Waals surface area contributed by atoms with Crippen LogP contribution in [0.15, 0.2) is 24.5 Å². The maximum absolute atomic E-state index is 5.93. The molecule has 0 aromatic carbocycles. The van der Waals surface area contributed by atoms with Crippen LogP contribution < -0.4 is 9.64 Å². The van der Waals surface area contributed by atoms with Gasteiger partial charge in [0.15, 0.2) is 0 Å². The fraction of sp³-hybridized carbons (Fsp3) is 0.556. The molecule has 1 fully saturated rings. The fourth-order valence-electron chi connectivity index (χ4n) is 3.50. The number of nitrogens with zero attached hydrogens (tertiary/aromatic N) is 5. The van der Waals surface area contributed by atoms with Crippen molar-refractivity contribution in [3.05, 3.63) is 35.8 Å². The van der Waals surface area contributed by atoms with Crippen LogP contribution in [0.25, 0.3) is 0 Å². The van der Waals surface area contributed by atoms with Crippen molar-refractivity contribution in [2.45, 2.75) is 38.5 Å². The Morgan fingerprint density at radius 2 is 1.83 bits per heavy atom. The van der Waals surface area contributed by atoms with Crippen LogP contribution in [-0.2, 0) is 12.8 Å². The molecule has 0 atom stereocenters. The molecule has 0 amide bonds. The van der Waals surface area contributed by atoms with E-state index in [4.69, 9.17) is 4.74 Å². The van der Waals surface area contributed by atoms with Gasteiger partial charge in [0.05, 0.1) is 12.3 Å². The number of rotatable bonds is 4. The summed E-state index contributed by atoms with van der Waals surface area (Å²) in [5.74, 6) is 2.07. The molecule has 0 radical (unpaired) electrons. The first-order chi connectivity index (χ1) is 11.9. The third-order valence-corrected chi connectivity index (χ3v) is 4.96. The summed E-state index contributed by atoms with van der Waals surface area (Å²) in [7, 11) is 0. The maximum atomic E-state index is 5.93. The minimum absolute atomic E-state index is 0.558. The van der Waals surface area contributed by atoms with Gasteiger partial charge in [-0.25, -0.2) is 9.97 Å². The number of hydrogen-bond donors (Lipinski definition) is 0. The van der Waals surface area contributed by atoms with E-state index < -0.39 is 0 Å². The summed E-state index contributed by atoms with van der Waals surface area (Å²) in [5, 5.41) is 8.57. The van der Waals surface area contributed by atoms with E-state index in [2.05, 4.69) is 31.1 Å². The van der Waals surface area contributed by atoms with Crippen molar-refractivity contribution in [3.63, 3.8) is 0 Å². The number of aryl methyl sites for hydroxylation is 2. The molecule has 6 heteroatoms. The Hall–Kier alpha value is -2.24. The normalized spacial score (nSPS) is 18.2. The molecule has 2 aromatic rings. The minimum atomic E-state index is 0.558. The Morgan fingerprint density at radius 1 is 1.04 bits per heavy atom. The maximum Gasteiger partial charge on any atom is 0.233 e. The van der Waals surface area contributed by atoms with E-state index in [-0.39, 0.29) is 0 Å². The highest BCUT2D eigenvalue weighted by Gasteiger charge is 2.21. The largest absolute Gasteiger partial charge is 0.476 e. The van der Waals surface area contributed by atoms with Crippen LogP contribution in [0.5, 0.6) is 5.88 Å². The number of ether oxygens (including phenoxy) is 1. The monoisotopic (exact) mass is 325 g/mol. The van der Waals surface area contributed by atoms with Gasteiger partial charge in [0.25, 0.3) is 0 Å². The van der Waals surface area contributed by atoms with E-state index in [9.17, 15) is 0 Å². The van der Waals surface area contributed by atoms with Crippen LogP contribution in [0.2, 0.25) is 0 Å². The molecule has 1 saturated heterocycles. The van der Waals surface area contributed by atoms with Gasteiger partial charge in [0.2, 0.25) is 11.8 Å². The summed E-state index contributed by atoms with van der Waals surface area (Å²) in [6, 6.07) is 3.94. The summed E-state index contributed by atoms with van der Waals surface area (Å²) in [6.45, 7) is 2.68. The minimum Gasteiger partial charge on any atom is -0.476 e. The topological polar surface area (TPSA) is 64.0 Å². The van der Waals surface area contributed by atoms with Crippen LogP contribution >= 0.6 is 0 Å². The van der Waals surface area contributed by atoms with Gasteiger partial charge in [0.1, 0.15) is 0 Å². The van der Waals surface area contributed by atoms with Gasteiger partial charge in [0, 0.05) is 31.5 Å². The Labute approximate surface area is 142 Å². The van der Waals surface area contributed by atoms with Gasteiger partial charge in [-0.2, -0.15) is 5.10 Å². The van der Waals surface area contributed by atoms with Crippen molar-refractivity contribution < 1.29 is 4.74 Å². The van der Waals surface area contributed by atoms with E-state index in [0.717, 1.165) is 57.0 Å². The van der Waals surface area contributed by atoms with Crippen LogP contribution in [0.1, 0.15) is 36.9 Å². The molecular weight excluding hydrogens is 302 g/mol. The predicted molar refractivity (Wildman–Crippen MR) is 91.1 cm³/mol. The van der Waals surface area contributed by atoms with Crippen LogP contribution in [0.3, 0.4) is 0 Å². The summed E-state index contributed by atoms with van der Waals surface area (Å²) >= 11 is 0. The van der Waals surface area contributed by atoms with E-state index in [1.807, 2.05) is 6.07 Å². The second-order valence-electron chi connectivity index (χ2n) is 6.65. The first-order valence-corrected chi connectivity index (χ1v) is 8.89. The lowest BCUT2D eigenvalue weighted by Crippen LogP contribution is -2.36. The third-order valence-electron chi connectivity index (χ3n) is 4.96. The van der Waals surface area contributed by atoms with Crippen molar-refractivity contribution in [2.24, 2.45) is 5.92 Å². The quantitative estimate of drug-likeness (QED) is 0.860. The summed E-state index contributed by atoms with van der Waals surface area (Å²) in [6.07, 6.45) is 10.4. The van der Waals surface area contributed by atoms with Crippen LogP contribution in [0.4, 0.5) is 5.95 Å². The molecule has 4 rings (SSSR count). The van der Waals surface area contributed by atoms with Crippen molar-refractivity contribution in [1.29, 1.82) is 0 Å². The van der Waals surface area contributed by atoms with Crippen molar-refractivity contribution in [3.8, 4) is 5.88 Å². The van der Waals surface area contributed by atoms with Crippen LogP contribution in [0, 0.1) is 5.92 Å². The standard InChI is InChI=1S/C18H23N5O/c1-2-5-16-15(4-1)12-17(22-21-16)24-13-14-6-10-23(11-7-14)18-19-8-3-9-20-18/h3,8-9,12,14H,1-2,4-7,10-11,13H2. The second-order valence-corrected chi connectivity index (χ2v) is 6.65. The van der Waals surface area contributed by atoms with Crippen molar-refractivity contribution in [1.82, 2.24) is 20.2 Å². The van der Waals surface area contributed by atoms with E-state index in [1.54, 1.807) is 12.4 Å². The average Bonchev–Trinajstić information content (AvgIpc) is 2.67. The summed E-state index contributed by atoms with van der Waals surface area (Å²) in [5.41, 5.74) is 2.48. The molecule has 0 bridgehead atoms. The molecule has 6 nitrogen and oxygen atoms in total. The Kier molecular flexibility index (Phi) is 4.53. The van der Waals surface area contributed by atoms with Crippen molar-refractivity contribution in [2.75, 3.05) is 24.6 Å². The number of aromatic nitrogens is 4. The molecule has 1 aliphatic carbocycles.